The normalized spacial score (nSPS) is 13.7. The van der Waals surface area contributed by atoms with Crippen LogP contribution in [0.2, 0.25) is 5.02 Å². The van der Waals surface area contributed by atoms with E-state index in [-0.39, 0.29) is 30.4 Å². The molecule has 8 heteroatoms. The Bertz CT molecular complexity index is 1040. The topological polar surface area (TPSA) is 81.3 Å². The van der Waals surface area contributed by atoms with Gasteiger partial charge in [0.25, 0.3) is 5.91 Å². The van der Waals surface area contributed by atoms with Gasteiger partial charge in [0.2, 0.25) is 5.88 Å². The number of benzene rings is 2. The zero-order valence-corrected chi connectivity index (χ0v) is 14.8. The molecule has 0 saturated heterocycles. The number of aromatic nitrogens is 2. The lowest BCUT2D eigenvalue weighted by atomic mass is 10.0. The number of nitrogens with two attached hydrogens (primary N) is 1. The first-order valence-corrected chi connectivity index (χ1v) is 8.53. The van der Waals surface area contributed by atoms with Gasteiger partial charge >= 0.3 is 0 Å². The van der Waals surface area contributed by atoms with Crippen LogP contribution in [-0.4, -0.2) is 29.0 Å². The second-order valence-corrected chi connectivity index (χ2v) is 6.30. The molecule has 2 N–H and O–H groups in total. The third kappa shape index (κ3) is 3.06. The predicted octanol–water partition coefficient (Wildman–Crippen LogP) is 3.56. The first kappa shape index (κ1) is 17.2. The van der Waals surface area contributed by atoms with Crippen LogP contribution in [0.15, 0.2) is 48.8 Å². The summed E-state index contributed by atoms with van der Waals surface area (Å²) in [6.45, 7) is 0.419. The molecule has 0 aliphatic carbocycles. The van der Waals surface area contributed by atoms with E-state index in [9.17, 15) is 9.18 Å². The van der Waals surface area contributed by atoms with Crippen LogP contribution < -0.4 is 15.4 Å². The fourth-order valence-corrected chi connectivity index (χ4v) is 3.22. The summed E-state index contributed by atoms with van der Waals surface area (Å²) in [4.78, 5) is 22.1. The Hall–Kier alpha value is -3.19. The Kier molecular flexibility index (Phi) is 4.37. The monoisotopic (exact) mass is 384 g/mol. The molecule has 136 valence electrons. The minimum absolute atomic E-state index is 0.0186. The van der Waals surface area contributed by atoms with Gasteiger partial charge in [-0.2, -0.15) is 0 Å². The zero-order chi connectivity index (χ0) is 19.0. The summed E-state index contributed by atoms with van der Waals surface area (Å²) in [5.41, 5.74) is 7.21. The van der Waals surface area contributed by atoms with Crippen LogP contribution in [0, 0.1) is 5.82 Å². The SMILES string of the molecule is Nc1ncnc2c1C(=O)N(c1ccc(-c3ccccc3Cl)c(F)c1)CCO2. The average Bonchev–Trinajstić information content (AvgIpc) is 2.82. The minimum Gasteiger partial charge on any atom is -0.475 e. The summed E-state index contributed by atoms with van der Waals surface area (Å²) in [5, 5.41) is 0.447. The summed E-state index contributed by atoms with van der Waals surface area (Å²) >= 11 is 6.16. The molecule has 1 amide bonds. The molecule has 0 bridgehead atoms. The maximum atomic E-state index is 14.8. The minimum atomic E-state index is -0.490. The Morgan fingerprint density at radius 2 is 1.96 bits per heavy atom. The number of rotatable bonds is 2. The number of amides is 1. The van der Waals surface area contributed by atoms with Crippen molar-refractivity contribution in [2.45, 2.75) is 0 Å². The third-order valence-corrected chi connectivity index (χ3v) is 4.61. The van der Waals surface area contributed by atoms with Crippen molar-refractivity contribution in [1.29, 1.82) is 0 Å². The van der Waals surface area contributed by atoms with Gasteiger partial charge in [-0.1, -0.05) is 29.8 Å². The van der Waals surface area contributed by atoms with E-state index in [1.54, 1.807) is 36.4 Å². The van der Waals surface area contributed by atoms with E-state index in [0.29, 0.717) is 21.8 Å². The van der Waals surface area contributed by atoms with Gasteiger partial charge in [-0.15, -0.1) is 0 Å². The molecule has 0 atom stereocenters. The van der Waals surface area contributed by atoms with Crippen LogP contribution in [0.4, 0.5) is 15.9 Å². The first-order chi connectivity index (χ1) is 13.1. The zero-order valence-electron chi connectivity index (χ0n) is 14.0. The molecule has 4 rings (SSSR count). The van der Waals surface area contributed by atoms with Crippen molar-refractivity contribution in [2.24, 2.45) is 0 Å². The van der Waals surface area contributed by atoms with Gasteiger partial charge in [0.15, 0.2) is 0 Å². The van der Waals surface area contributed by atoms with Gasteiger partial charge < -0.3 is 15.4 Å². The summed E-state index contributed by atoms with van der Waals surface area (Å²) in [6, 6.07) is 11.5. The molecule has 1 aromatic heterocycles. The lowest BCUT2D eigenvalue weighted by Gasteiger charge is -2.21. The average molecular weight is 385 g/mol. The van der Waals surface area contributed by atoms with Gasteiger partial charge in [-0.3, -0.25) is 4.79 Å². The number of nitrogen functional groups attached to an aromatic ring is 1. The highest BCUT2D eigenvalue weighted by atomic mass is 35.5. The molecule has 0 saturated carbocycles. The van der Waals surface area contributed by atoms with Crippen molar-refractivity contribution in [3.05, 3.63) is 65.2 Å². The van der Waals surface area contributed by atoms with Crippen molar-refractivity contribution in [1.82, 2.24) is 9.97 Å². The highest BCUT2D eigenvalue weighted by molar-refractivity contribution is 6.33. The number of nitrogens with zero attached hydrogens (tertiary/aromatic N) is 3. The molecular formula is C19H14ClFN4O2. The number of hydrogen-bond donors (Lipinski definition) is 1. The Morgan fingerprint density at radius 1 is 1.15 bits per heavy atom. The van der Waals surface area contributed by atoms with E-state index >= 15 is 0 Å². The smallest absolute Gasteiger partial charge is 0.267 e. The standard InChI is InChI=1S/C19H14ClFN4O2/c20-14-4-2-1-3-12(14)13-6-5-11(9-15(13)21)25-7-8-27-18-16(19(25)26)17(22)23-10-24-18/h1-6,9-10H,7-8H2,(H2,22,23,24). The van der Waals surface area contributed by atoms with Crippen LogP contribution in [0.5, 0.6) is 5.88 Å². The highest BCUT2D eigenvalue weighted by Gasteiger charge is 2.29. The molecule has 2 aromatic carbocycles. The van der Waals surface area contributed by atoms with Crippen molar-refractivity contribution in [3.8, 4) is 17.0 Å². The largest absolute Gasteiger partial charge is 0.475 e. The van der Waals surface area contributed by atoms with Crippen molar-refractivity contribution < 1.29 is 13.9 Å². The highest BCUT2D eigenvalue weighted by Crippen LogP contribution is 2.33. The van der Waals surface area contributed by atoms with Crippen molar-refractivity contribution in [2.75, 3.05) is 23.8 Å². The van der Waals surface area contributed by atoms with Gasteiger partial charge in [-0.05, 0) is 24.3 Å². The first-order valence-electron chi connectivity index (χ1n) is 8.16. The fourth-order valence-electron chi connectivity index (χ4n) is 2.98. The number of ether oxygens (including phenoxy) is 1. The van der Waals surface area contributed by atoms with Crippen molar-refractivity contribution >= 4 is 29.0 Å². The van der Waals surface area contributed by atoms with Gasteiger partial charge in [-0.25, -0.2) is 14.4 Å². The second kappa shape index (κ2) is 6.85. The van der Waals surface area contributed by atoms with Gasteiger partial charge in [0.05, 0.1) is 6.54 Å². The van der Waals surface area contributed by atoms with Crippen molar-refractivity contribution in [3.63, 3.8) is 0 Å². The van der Waals surface area contributed by atoms with E-state index in [0.717, 1.165) is 0 Å². The second-order valence-electron chi connectivity index (χ2n) is 5.89. The lowest BCUT2D eigenvalue weighted by Crippen LogP contribution is -2.32. The van der Waals surface area contributed by atoms with Crippen LogP contribution in [-0.2, 0) is 0 Å². The van der Waals surface area contributed by atoms with Crippen LogP contribution >= 0.6 is 11.6 Å². The van der Waals surface area contributed by atoms with E-state index in [4.69, 9.17) is 22.1 Å². The Morgan fingerprint density at radius 3 is 2.74 bits per heavy atom. The maximum Gasteiger partial charge on any atom is 0.267 e. The van der Waals surface area contributed by atoms with E-state index in [2.05, 4.69) is 9.97 Å². The molecule has 27 heavy (non-hydrogen) atoms. The number of hydrogen-bond acceptors (Lipinski definition) is 5. The Balaban J connectivity index is 1.74. The molecular weight excluding hydrogens is 371 g/mol. The number of fused-ring (bicyclic) bond motifs is 1. The molecule has 0 spiro atoms. The number of anilines is 2. The fraction of sp³-hybridized carbons (Fsp3) is 0.105. The quantitative estimate of drug-likeness (QED) is 0.730. The summed E-state index contributed by atoms with van der Waals surface area (Å²) in [7, 11) is 0. The number of carbonyl (C=O) groups excluding carboxylic acids is 1. The lowest BCUT2D eigenvalue weighted by molar-refractivity contribution is 0.0990. The molecule has 2 heterocycles. The maximum absolute atomic E-state index is 14.8. The Labute approximate surface area is 159 Å². The van der Waals surface area contributed by atoms with Gasteiger partial charge in [0.1, 0.15) is 30.1 Å². The molecule has 6 nitrogen and oxygen atoms in total. The summed E-state index contributed by atoms with van der Waals surface area (Å²) in [6.07, 6.45) is 1.23. The van der Waals surface area contributed by atoms with E-state index in [1.165, 1.54) is 17.3 Å². The summed E-state index contributed by atoms with van der Waals surface area (Å²) in [5.74, 6) is -0.783. The molecule has 0 unspecified atom stereocenters. The summed E-state index contributed by atoms with van der Waals surface area (Å²) < 4.78 is 20.3. The van der Waals surface area contributed by atoms with Crippen LogP contribution in [0.25, 0.3) is 11.1 Å². The molecule has 0 fully saturated rings. The molecule has 0 radical (unpaired) electrons. The van der Waals surface area contributed by atoms with E-state index in [1.807, 2.05) is 0 Å². The van der Waals surface area contributed by atoms with E-state index < -0.39 is 11.7 Å². The molecule has 1 aliphatic heterocycles. The van der Waals surface area contributed by atoms with Gasteiger partial charge in [0, 0.05) is 21.8 Å². The predicted molar refractivity (Wildman–Crippen MR) is 100 cm³/mol. The van der Waals surface area contributed by atoms with Crippen LogP contribution in [0.1, 0.15) is 10.4 Å². The molecule has 3 aromatic rings. The number of carbonyl (C=O) groups is 1. The van der Waals surface area contributed by atoms with Crippen LogP contribution in [0.3, 0.4) is 0 Å². The molecule has 1 aliphatic rings. The number of halogens is 2. The third-order valence-electron chi connectivity index (χ3n) is 4.28.